The molecule has 0 bridgehead atoms. The molecule has 0 saturated heterocycles. The highest BCUT2D eigenvalue weighted by atomic mass is 19.4. The van der Waals surface area contributed by atoms with Crippen molar-refractivity contribution < 1.29 is 35.9 Å². The molecule has 0 atom stereocenters. The number of alkyl halides is 6. The predicted molar refractivity (Wildman–Crippen MR) is 66.2 cm³/mol. The second kappa shape index (κ2) is 6.99. The molecule has 0 saturated carbocycles. The average molecular weight is 329 g/mol. The molecule has 0 unspecified atom stereocenters. The Labute approximate surface area is 122 Å². The molecule has 0 aliphatic rings. The first kappa shape index (κ1) is 18.3. The highest BCUT2D eigenvalue weighted by Gasteiger charge is 2.37. The quantitative estimate of drug-likeness (QED) is 0.653. The van der Waals surface area contributed by atoms with Crippen LogP contribution in [0.5, 0.6) is 0 Å². The van der Waals surface area contributed by atoms with Crippen molar-refractivity contribution in [1.82, 2.24) is 0 Å². The van der Waals surface area contributed by atoms with Gasteiger partial charge in [-0.25, -0.2) is 0 Å². The summed E-state index contributed by atoms with van der Waals surface area (Å²) in [5.74, 6) is -0.735. The summed E-state index contributed by atoms with van der Waals surface area (Å²) in [5.41, 5.74) is -3.53. The lowest BCUT2D eigenvalue weighted by Gasteiger charge is -2.14. The minimum absolute atomic E-state index is 0.00412. The van der Waals surface area contributed by atoms with Gasteiger partial charge in [-0.15, -0.1) is 0 Å². The highest BCUT2D eigenvalue weighted by Crippen LogP contribution is 2.37. The van der Waals surface area contributed by atoms with Crippen LogP contribution in [0.15, 0.2) is 18.2 Å². The zero-order valence-corrected chi connectivity index (χ0v) is 11.4. The molecule has 0 radical (unpaired) electrons. The standard InChI is InChI=1S/C13H13F6NO2/c1-2-22-4-3-11(21)20-10-6-8(12(14,15)16)5-9(7-10)13(17,18)19/h5-7H,2-4H2,1H3,(H,20,21). The molecular weight excluding hydrogens is 316 g/mol. The van der Waals surface area contributed by atoms with Gasteiger partial charge in [-0.1, -0.05) is 0 Å². The molecule has 0 fully saturated rings. The van der Waals surface area contributed by atoms with E-state index in [9.17, 15) is 31.1 Å². The molecule has 3 nitrogen and oxygen atoms in total. The highest BCUT2D eigenvalue weighted by molar-refractivity contribution is 5.91. The zero-order chi connectivity index (χ0) is 17.0. The summed E-state index contributed by atoms with van der Waals surface area (Å²) in [4.78, 5) is 11.5. The second-order valence-corrected chi connectivity index (χ2v) is 4.29. The first-order valence-corrected chi connectivity index (χ1v) is 6.21. The van der Waals surface area contributed by atoms with E-state index in [0.29, 0.717) is 18.7 Å². The number of nitrogens with one attached hydrogen (secondary N) is 1. The van der Waals surface area contributed by atoms with Gasteiger partial charge in [0.05, 0.1) is 24.2 Å². The van der Waals surface area contributed by atoms with Gasteiger partial charge < -0.3 is 10.1 Å². The van der Waals surface area contributed by atoms with Gasteiger partial charge in [-0.05, 0) is 25.1 Å². The van der Waals surface area contributed by atoms with Crippen LogP contribution in [0.1, 0.15) is 24.5 Å². The van der Waals surface area contributed by atoms with E-state index in [1.807, 2.05) is 5.32 Å². The van der Waals surface area contributed by atoms with E-state index in [-0.39, 0.29) is 19.1 Å². The molecule has 22 heavy (non-hydrogen) atoms. The topological polar surface area (TPSA) is 38.3 Å². The number of benzene rings is 1. The Morgan fingerprint density at radius 1 is 1.05 bits per heavy atom. The lowest BCUT2D eigenvalue weighted by atomic mass is 10.1. The number of carbonyl (C=O) groups excluding carboxylic acids is 1. The van der Waals surface area contributed by atoms with Gasteiger partial charge in [0.1, 0.15) is 0 Å². The number of amides is 1. The summed E-state index contributed by atoms with van der Waals surface area (Å²) < 4.78 is 80.6. The fourth-order valence-electron chi connectivity index (χ4n) is 1.56. The van der Waals surface area contributed by atoms with Crippen LogP contribution < -0.4 is 5.32 Å². The van der Waals surface area contributed by atoms with Gasteiger partial charge in [0.2, 0.25) is 5.91 Å². The molecule has 0 aliphatic heterocycles. The first-order chi connectivity index (χ1) is 10.0. The first-order valence-electron chi connectivity index (χ1n) is 6.21. The number of ether oxygens (including phenoxy) is 1. The fourth-order valence-corrected chi connectivity index (χ4v) is 1.56. The van der Waals surface area contributed by atoms with Crippen LogP contribution in [0.4, 0.5) is 32.0 Å². The van der Waals surface area contributed by atoms with E-state index in [1.54, 1.807) is 6.92 Å². The van der Waals surface area contributed by atoms with Gasteiger partial charge in [-0.2, -0.15) is 26.3 Å². The van der Waals surface area contributed by atoms with Crippen LogP contribution >= 0.6 is 0 Å². The van der Waals surface area contributed by atoms with E-state index in [2.05, 4.69) is 0 Å². The molecule has 0 spiro atoms. The Morgan fingerprint density at radius 2 is 1.55 bits per heavy atom. The number of rotatable bonds is 5. The molecule has 9 heteroatoms. The third kappa shape index (κ3) is 5.55. The number of carbonyl (C=O) groups is 1. The van der Waals surface area contributed by atoms with Crippen molar-refractivity contribution in [3.8, 4) is 0 Å². The number of halogens is 6. The van der Waals surface area contributed by atoms with Gasteiger partial charge in [0.25, 0.3) is 0 Å². The monoisotopic (exact) mass is 329 g/mol. The summed E-state index contributed by atoms with van der Waals surface area (Å²) in [7, 11) is 0. The molecule has 0 heterocycles. The minimum atomic E-state index is -4.95. The molecule has 0 aromatic heterocycles. The third-order valence-electron chi connectivity index (χ3n) is 2.55. The number of anilines is 1. The maximum atomic E-state index is 12.6. The maximum Gasteiger partial charge on any atom is 0.416 e. The van der Waals surface area contributed by atoms with Crippen LogP contribution in [-0.4, -0.2) is 19.1 Å². The van der Waals surface area contributed by atoms with Crippen LogP contribution in [0.25, 0.3) is 0 Å². The zero-order valence-electron chi connectivity index (χ0n) is 11.4. The molecule has 124 valence electrons. The van der Waals surface area contributed by atoms with Crippen LogP contribution in [0, 0.1) is 0 Å². The van der Waals surface area contributed by atoms with Gasteiger partial charge in [0, 0.05) is 12.3 Å². The van der Waals surface area contributed by atoms with Crippen molar-refractivity contribution in [3.05, 3.63) is 29.3 Å². The molecule has 1 amide bonds. The number of hydrogen-bond donors (Lipinski definition) is 1. The van der Waals surface area contributed by atoms with Gasteiger partial charge in [0.15, 0.2) is 0 Å². The lowest BCUT2D eigenvalue weighted by Crippen LogP contribution is -2.17. The van der Waals surface area contributed by atoms with Crippen LogP contribution in [0.2, 0.25) is 0 Å². The Bertz CT molecular complexity index is 492. The van der Waals surface area contributed by atoms with Gasteiger partial charge >= 0.3 is 12.4 Å². The molecule has 0 aliphatic carbocycles. The van der Waals surface area contributed by atoms with Crippen molar-refractivity contribution in [3.63, 3.8) is 0 Å². The van der Waals surface area contributed by atoms with Crippen molar-refractivity contribution in [2.24, 2.45) is 0 Å². The second-order valence-electron chi connectivity index (χ2n) is 4.29. The normalized spacial score (nSPS) is 12.3. The summed E-state index contributed by atoms with van der Waals surface area (Å²) >= 11 is 0. The van der Waals surface area contributed by atoms with E-state index < -0.39 is 35.1 Å². The van der Waals surface area contributed by atoms with Crippen molar-refractivity contribution >= 4 is 11.6 Å². The summed E-state index contributed by atoms with van der Waals surface area (Å²) in [6.07, 6.45) is -10.1. The molecule has 1 aromatic carbocycles. The number of hydrogen-bond acceptors (Lipinski definition) is 2. The SMILES string of the molecule is CCOCCC(=O)Nc1cc(C(F)(F)F)cc(C(F)(F)F)c1. The molecule has 1 rings (SSSR count). The lowest BCUT2D eigenvalue weighted by molar-refractivity contribution is -0.143. The summed E-state index contributed by atoms with van der Waals surface area (Å²) in [6, 6.07) is 0.900. The van der Waals surface area contributed by atoms with Gasteiger partial charge in [-0.3, -0.25) is 4.79 Å². The van der Waals surface area contributed by atoms with E-state index in [4.69, 9.17) is 4.74 Å². The van der Waals surface area contributed by atoms with Crippen LogP contribution in [0.3, 0.4) is 0 Å². The Morgan fingerprint density at radius 3 is 1.95 bits per heavy atom. The Balaban J connectivity index is 3.01. The molecule has 1 aromatic rings. The molecule has 1 N–H and O–H groups in total. The summed E-state index contributed by atoms with van der Waals surface area (Å²) in [6.45, 7) is 2.04. The van der Waals surface area contributed by atoms with Crippen molar-refractivity contribution in [2.45, 2.75) is 25.7 Å². The molecular formula is C13H13F6NO2. The van der Waals surface area contributed by atoms with Crippen LogP contribution in [-0.2, 0) is 21.9 Å². The van der Waals surface area contributed by atoms with Crippen molar-refractivity contribution in [2.75, 3.05) is 18.5 Å². The Kier molecular flexibility index (Phi) is 5.81. The minimum Gasteiger partial charge on any atom is -0.381 e. The van der Waals surface area contributed by atoms with E-state index >= 15 is 0 Å². The van der Waals surface area contributed by atoms with E-state index in [1.165, 1.54) is 0 Å². The summed E-state index contributed by atoms with van der Waals surface area (Å²) in [5, 5.41) is 2.01. The van der Waals surface area contributed by atoms with Crippen molar-refractivity contribution in [1.29, 1.82) is 0 Å². The third-order valence-corrected chi connectivity index (χ3v) is 2.55. The fraction of sp³-hybridized carbons (Fsp3) is 0.462. The maximum absolute atomic E-state index is 12.6. The smallest absolute Gasteiger partial charge is 0.381 e. The Hall–Kier alpha value is -1.77. The largest absolute Gasteiger partial charge is 0.416 e. The van der Waals surface area contributed by atoms with E-state index in [0.717, 1.165) is 0 Å². The average Bonchev–Trinajstić information content (AvgIpc) is 2.36. The predicted octanol–water partition coefficient (Wildman–Crippen LogP) is 4.09.